The predicted octanol–water partition coefficient (Wildman–Crippen LogP) is 2.98. The Labute approximate surface area is 161 Å². The van der Waals surface area contributed by atoms with Crippen LogP contribution in [0.5, 0.6) is 11.5 Å². The number of hydrogen-bond donors (Lipinski definition) is 0. The maximum Gasteiger partial charge on any atom is 0.222 e. The van der Waals surface area contributed by atoms with E-state index in [1.807, 2.05) is 41.3 Å². The molecule has 1 aliphatic heterocycles. The Morgan fingerprint density at radius 3 is 2.48 bits per heavy atom. The van der Waals surface area contributed by atoms with E-state index in [1.54, 1.807) is 14.2 Å². The molecule has 5 nitrogen and oxygen atoms in total. The number of ether oxygens (including phenoxy) is 2. The van der Waals surface area contributed by atoms with Crippen molar-refractivity contribution in [3.8, 4) is 11.5 Å². The molecular formula is C22H28N2O3. The van der Waals surface area contributed by atoms with Crippen molar-refractivity contribution in [1.82, 2.24) is 9.80 Å². The summed E-state index contributed by atoms with van der Waals surface area (Å²) in [6.45, 7) is 4.26. The van der Waals surface area contributed by atoms with Gasteiger partial charge in [-0.05, 0) is 35.7 Å². The Morgan fingerprint density at radius 1 is 0.963 bits per heavy atom. The fourth-order valence-corrected chi connectivity index (χ4v) is 3.49. The number of nitrogens with zero attached hydrogens (tertiary/aromatic N) is 2. The molecule has 1 saturated heterocycles. The summed E-state index contributed by atoms with van der Waals surface area (Å²) in [6, 6.07) is 16.1. The quantitative estimate of drug-likeness (QED) is 0.754. The lowest BCUT2D eigenvalue weighted by Gasteiger charge is -2.35. The summed E-state index contributed by atoms with van der Waals surface area (Å²) < 4.78 is 10.7. The molecule has 1 heterocycles. The van der Waals surface area contributed by atoms with E-state index in [1.165, 1.54) is 5.56 Å². The number of hydrogen-bond acceptors (Lipinski definition) is 4. The van der Waals surface area contributed by atoms with Gasteiger partial charge in [-0.15, -0.1) is 0 Å². The van der Waals surface area contributed by atoms with Crippen molar-refractivity contribution in [1.29, 1.82) is 0 Å². The second kappa shape index (κ2) is 9.42. The molecule has 2 aromatic rings. The monoisotopic (exact) mass is 368 g/mol. The van der Waals surface area contributed by atoms with Gasteiger partial charge in [-0.25, -0.2) is 0 Å². The highest BCUT2D eigenvalue weighted by molar-refractivity contribution is 5.76. The van der Waals surface area contributed by atoms with Crippen molar-refractivity contribution < 1.29 is 14.3 Å². The van der Waals surface area contributed by atoms with Crippen LogP contribution in [0.3, 0.4) is 0 Å². The highest BCUT2D eigenvalue weighted by Gasteiger charge is 2.21. The number of carbonyl (C=O) groups is 1. The summed E-state index contributed by atoms with van der Waals surface area (Å²) in [6.07, 6.45) is 1.24. The van der Waals surface area contributed by atoms with Gasteiger partial charge in [-0.2, -0.15) is 0 Å². The maximum absolute atomic E-state index is 12.6. The Kier molecular flexibility index (Phi) is 6.71. The molecule has 0 aromatic heterocycles. The molecule has 1 fully saturated rings. The lowest BCUT2D eigenvalue weighted by Crippen LogP contribution is -2.48. The fourth-order valence-electron chi connectivity index (χ4n) is 3.49. The average molecular weight is 368 g/mol. The molecule has 3 rings (SSSR count). The van der Waals surface area contributed by atoms with Crippen molar-refractivity contribution in [2.24, 2.45) is 0 Å². The maximum atomic E-state index is 12.6. The van der Waals surface area contributed by atoms with Crippen LogP contribution >= 0.6 is 0 Å². The Balaban J connectivity index is 1.46. The molecule has 27 heavy (non-hydrogen) atoms. The number of carbonyl (C=O) groups excluding carboxylic acids is 1. The molecule has 0 N–H and O–H groups in total. The summed E-state index contributed by atoms with van der Waals surface area (Å²) in [5, 5.41) is 0. The van der Waals surface area contributed by atoms with E-state index in [9.17, 15) is 4.79 Å². The molecule has 0 bridgehead atoms. The van der Waals surface area contributed by atoms with Crippen LogP contribution in [0.1, 0.15) is 17.5 Å². The van der Waals surface area contributed by atoms with Gasteiger partial charge in [0.05, 0.1) is 14.2 Å². The summed E-state index contributed by atoms with van der Waals surface area (Å²) in [7, 11) is 3.36. The molecular weight excluding hydrogens is 340 g/mol. The molecule has 1 aliphatic rings. The number of amides is 1. The van der Waals surface area contributed by atoms with Crippen molar-refractivity contribution >= 4 is 5.91 Å². The molecule has 0 saturated carbocycles. The minimum Gasteiger partial charge on any atom is -0.497 e. The van der Waals surface area contributed by atoms with Crippen molar-refractivity contribution in [2.75, 3.05) is 40.4 Å². The van der Waals surface area contributed by atoms with E-state index in [4.69, 9.17) is 9.47 Å². The Bertz CT molecular complexity index is 755. The van der Waals surface area contributed by atoms with Crippen molar-refractivity contribution in [3.05, 3.63) is 59.7 Å². The van der Waals surface area contributed by atoms with Crippen LogP contribution in [0.2, 0.25) is 0 Å². The first kappa shape index (κ1) is 19.2. The highest BCUT2D eigenvalue weighted by atomic mass is 16.5. The largest absolute Gasteiger partial charge is 0.497 e. The van der Waals surface area contributed by atoms with Gasteiger partial charge in [0.25, 0.3) is 0 Å². The average Bonchev–Trinajstić information content (AvgIpc) is 2.73. The van der Waals surface area contributed by atoms with Gasteiger partial charge in [0.1, 0.15) is 11.5 Å². The van der Waals surface area contributed by atoms with Gasteiger partial charge in [0.2, 0.25) is 5.91 Å². The van der Waals surface area contributed by atoms with Gasteiger partial charge in [0, 0.05) is 39.1 Å². The van der Waals surface area contributed by atoms with Gasteiger partial charge in [-0.1, -0.05) is 30.3 Å². The summed E-state index contributed by atoms with van der Waals surface area (Å²) in [4.78, 5) is 16.9. The minimum absolute atomic E-state index is 0.224. The summed E-state index contributed by atoms with van der Waals surface area (Å²) in [5.41, 5.74) is 2.33. The molecule has 2 aromatic carbocycles. The standard InChI is InChI=1S/C22H28N2O3/c1-26-20-8-5-6-18(16-20)17-23-12-14-24(15-13-23)22(25)11-10-19-7-3-4-9-21(19)27-2/h3-9,16H,10-15,17H2,1-2H3. The van der Waals surface area contributed by atoms with E-state index >= 15 is 0 Å². The number of piperazine rings is 1. The van der Waals surface area contributed by atoms with Crippen molar-refractivity contribution in [3.63, 3.8) is 0 Å². The molecule has 0 spiro atoms. The highest BCUT2D eigenvalue weighted by Crippen LogP contribution is 2.20. The van der Waals surface area contributed by atoms with Gasteiger partial charge in [-0.3, -0.25) is 9.69 Å². The van der Waals surface area contributed by atoms with Gasteiger partial charge >= 0.3 is 0 Å². The summed E-state index contributed by atoms with van der Waals surface area (Å²) >= 11 is 0. The topological polar surface area (TPSA) is 42.0 Å². The summed E-state index contributed by atoms with van der Waals surface area (Å²) in [5.74, 6) is 1.97. The second-order valence-electron chi connectivity index (χ2n) is 6.82. The lowest BCUT2D eigenvalue weighted by molar-refractivity contribution is -0.133. The molecule has 5 heteroatoms. The van der Waals surface area contributed by atoms with Crippen LogP contribution in [0.15, 0.2) is 48.5 Å². The van der Waals surface area contributed by atoms with Gasteiger partial charge in [0.15, 0.2) is 0 Å². The third-order valence-corrected chi connectivity index (χ3v) is 5.07. The zero-order chi connectivity index (χ0) is 19.1. The van der Waals surface area contributed by atoms with Crippen molar-refractivity contribution in [2.45, 2.75) is 19.4 Å². The van der Waals surface area contributed by atoms with E-state index in [0.29, 0.717) is 12.8 Å². The van der Waals surface area contributed by atoms with E-state index < -0.39 is 0 Å². The molecule has 0 aliphatic carbocycles. The third kappa shape index (κ3) is 5.23. The third-order valence-electron chi connectivity index (χ3n) is 5.07. The van der Waals surface area contributed by atoms with E-state index in [-0.39, 0.29) is 5.91 Å². The molecule has 0 atom stereocenters. The first-order valence-electron chi connectivity index (χ1n) is 9.44. The van der Waals surface area contributed by atoms with Crippen LogP contribution in [0.4, 0.5) is 0 Å². The van der Waals surface area contributed by atoms with E-state index in [0.717, 1.165) is 49.8 Å². The lowest BCUT2D eigenvalue weighted by atomic mass is 10.1. The second-order valence-corrected chi connectivity index (χ2v) is 6.82. The number of rotatable bonds is 7. The first-order valence-corrected chi connectivity index (χ1v) is 9.44. The van der Waals surface area contributed by atoms with Crippen LogP contribution in [0.25, 0.3) is 0 Å². The molecule has 0 radical (unpaired) electrons. The van der Waals surface area contributed by atoms with E-state index in [2.05, 4.69) is 17.0 Å². The fraction of sp³-hybridized carbons (Fsp3) is 0.409. The minimum atomic E-state index is 0.224. The molecule has 0 unspecified atom stereocenters. The Hall–Kier alpha value is -2.53. The SMILES string of the molecule is COc1cccc(CN2CCN(C(=O)CCc3ccccc3OC)CC2)c1. The smallest absolute Gasteiger partial charge is 0.222 e. The van der Waals surface area contributed by atoms with Crippen LogP contribution in [-0.4, -0.2) is 56.1 Å². The predicted molar refractivity (Wildman–Crippen MR) is 106 cm³/mol. The molecule has 144 valence electrons. The molecule has 1 amide bonds. The normalized spacial score (nSPS) is 14.8. The number of aryl methyl sites for hydroxylation is 1. The van der Waals surface area contributed by atoms with Crippen LogP contribution in [0, 0.1) is 0 Å². The number of benzene rings is 2. The Morgan fingerprint density at radius 2 is 1.74 bits per heavy atom. The van der Waals surface area contributed by atoms with Crippen LogP contribution in [-0.2, 0) is 17.8 Å². The zero-order valence-corrected chi connectivity index (χ0v) is 16.2. The number of para-hydroxylation sites is 1. The van der Waals surface area contributed by atoms with Crippen LogP contribution < -0.4 is 9.47 Å². The first-order chi connectivity index (χ1) is 13.2. The number of methoxy groups -OCH3 is 2. The van der Waals surface area contributed by atoms with Gasteiger partial charge < -0.3 is 14.4 Å². The zero-order valence-electron chi connectivity index (χ0n) is 16.2.